The van der Waals surface area contributed by atoms with Crippen molar-refractivity contribution in [3.63, 3.8) is 0 Å². The molecule has 2 rings (SSSR count). The van der Waals surface area contributed by atoms with Gasteiger partial charge in [-0.25, -0.2) is 4.79 Å². The number of aryl methyl sites for hydroxylation is 2. The molecule has 22 heavy (non-hydrogen) atoms. The highest BCUT2D eigenvalue weighted by atomic mass is 16.7. The second kappa shape index (κ2) is 6.76. The number of carbonyl (C=O) groups is 1. The van der Waals surface area contributed by atoms with Crippen LogP contribution in [0, 0.1) is 13.8 Å². The SMILES string of the molecule is C=C(OC(=O)OC(=C)c1ccc(C)cc1)c1ccc(C)cc1. The van der Waals surface area contributed by atoms with E-state index in [-0.39, 0.29) is 11.5 Å². The Balaban J connectivity index is 1.95. The van der Waals surface area contributed by atoms with Crippen LogP contribution in [0.3, 0.4) is 0 Å². The summed E-state index contributed by atoms with van der Waals surface area (Å²) in [6.07, 6.45) is -0.851. The van der Waals surface area contributed by atoms with Crippen LogP contribution in [0.2, 0.25) is 0 Å². The Bertz CT molecular complexity index is 633. The van der Waals surface area contributed by atoms with Gasteiger partial charge >= 0.3 is 6.16 Å². The van der Waals surface area contributed by atoms with Crippen molar-refractivity contribution in [3.8, 4) is 0 Å². The van der Waals surface area contributed by atoms with Gasteiger partial charge in [0.2, 0.25) is 0 Å². The van der Waals surface area contributed by atoms with E-state index in [0.29, 0.717) is 0 Å². The van der Waals surface area contributed by atoms with Crippen LogP contribution in [-0.2, 0) is 9.47 Å². The van der Waals surface area contributed by atoms with E-state index in [1.165, 1.54) is 0 Å². The average Bonchev–Trinajstić information content (AvgIpc) is 2.48. The van der Waals surface area contributed by atoms with Gasteiger partial charge in [-0.15, -0.1) is 0 Å². The average molecular weight is 294 g/mol. The predicted molar refractivity (Wildman–Crippen MR) is 88.0 cm³/mol. The third kappa shape index (κ3) is 4.09. The van der Waals surface area contributed by atoms with Crippen LogP contribution < -0.4 is 0 Å². The lowest BCUT2D eigenvalue weighted by Crippen LogP contribution is -2.05. The Morgan fingerprint density at radius 3 is 1.36 bits per heavy atom. The monoisotopic (exact) mass is 294 g/mol. The number of hydrogen-bond donors (Lipinski definition) is 0. The molecule has 0 saturated heterocycles. The topological polar surface area (TPSA) is 35.5 Å². The quantitative estimate of drug-likeness (QED) is 0.581. The maximum Gasteiger partial charge on any atom is 0.519 e. The molecule has 0 fully saturated rings. The van der Waals surface area contributed by atoms with Gasteiger partial charge in [0.15, 0.2) is 0 Å². The van der Waals surface area contributed by atoms with E-state index in [2.05, 4.69) is 13.2 Å². The Hall–Kier alpha value is -2.81. The summed E-state index contributed by atoms with van der Waals surface area (Å²) in [5.74, 6) is 0.475. The molecular weight excluding hydrogens is 276 g/mol. The van der Waals surface area contributed by atoms with Crippen molar-refractivity contribution in [1.82, 2.24) is 0 Å². The lowest BCUT2D eigenvalue weighted by atomic mass is 10.1. The van der Waals surface area contributed by atoms with E-state index in [1.807, 2.05) is 62.4 Å². The molecule has 0 N–H and O–H groups in total. The molecule has 2 aromatic carbocycles. The smallest absolute Gasteiger partial charge is 0.395 e. The van der Waals surface area contributed by atoms with Crippen molar-refractivity contribution < 1.29 is 14.3 Å². The Kier molecular flexibility index (Phi) is 4.79. The molecule has 2 aromatic rings. The van der Waals surface area contributed by atoms with Gasteiger partial charge in [0.05, 0.1) is 0 Å². The zero-order chi connectivity index (χ0) is 16.1. The number of rotatable bonds is 4. The van der Waals surface area contributed by atoms with E-state index in [1.54, 1.807) is 0 Å². The van der Waals surface area contributed by atoms with Gasteiger partial charge in [-0.2, -0.15) is 0 Å². The summed E-state index contributed by atoms with van der Waals surface area (Å²) in [6, 6.07) is 15.0. The fourth-order valence-electron chi connectivity index (χ4n) is 1.82. The molecule has 0 bridgehead atoms. The molecule has 0 aliphatic carbocycles. The highest BCUT2D eigenvalue weighted by Crippen LogP contribution is 2.19. The molecule has 3 heteroatoms. The maximum absolute atomic E-state index is 11.8. The molecule has 0 saturated carbocycles. The van der Waals surface area contributed by atoms with Crippen LogP contribution in [0.15, 0.2) is 61.7 Å². The Labute approximate surface area is 130 Å². The first kappa shape index (κ1) is 15.6. The van der Waals surface area contributed by atoms with Crippen LogP contribution in [0.1, 0.15) is 22.3 Å². The highest BCUT2D eigenvalue weighted by Gasteiger charge is 2.12. The molecule has 0 aliphatic rings. The predicted octanol–water partition coefficient (Wildman–Crippen LogP) is 5.10. The van der Waals surface area contributed by atoms with E-state index in [9.17, 15) is 4.79 Å². The first-order valence-electron chi connectivity index (χ1n) is 6.87. The van der Waals surface area contributed by atoms with E-state index < -0.39 is 6.16 Å². The van der Waals surface area contributed by atoms with Crippen molar-refractivity contribution >= 4 is 17.7 Å². The summed E-state index contributed by atoms with van der Waals surface area (Å²) in [5.41, 5.74) is 3.69. The summed E-state index contributed by atoms with van der Waals surface area (Å²) in [4.78, 5) is 11.8. The number of benzene rings is 2. The van der Waals surface area contributed by atoms with Crippen LogP contribution in [-0.4, -0.2) is 6.16 Å². The standard InChI is InChI=1S/C19H18O3/c1-13-5-9-17(10-6-13)15(3)21-19(20)22-16(4)18-11-7-14(2)8-12-18/h5-12H,3-4H2,1-2H3. The molecule has 0 amide bonds. The van der Waals surface area contributed by atoms with Crippen molar-refractivity contribution in [2.24, 2.45) is 0 Å². The molecule has 0 heterocycles. The fourth-order valence-corrected chi connectivity index (χ4v) is 1.82. The molecule has 0 unspecified atom stereocenters. The molecule has 112 valence electrons. The molecular formula is C19H18O3. The lowest BCUT2D eigenvalue weighted by Gasteiger charge is -2.10. The lowest BCUT2D eigenvalue weighted by molar-refractivity contribution is 0.133. The maximum atomic E-state index is 11.8. The summed E-state index contributed by atoms with van der Waals surface area (Å²) < 4.78 is 10.2. The van der Waals surface area contributed by atoms with E-state index in [4.69, 9.17) is 9.47 Å². The molecule has 0 spiro atoms. The van der Waals surface area contributed by atoms with E-state index >= 15 is 0 Å². The molecule has 0 radical (unpaired) electrons. The van der Waals surface area contributed by atoms with Gasteiger partial charge in [0.1, 0.15) is 11.5 Å². The fraction of sp³-hybridized carbons (Fsp3) is 0.105. The van der Waals surface area contributed by atoms with Gasteiger partial charge in [-0.05, 0) is 13.8 Å². The Morgan fingerprint density at radius 1 is 0.727 bits per heavy atom. The van der Waals surface area contributed by atoms with Crippen molar-refractivity contribution in [2.45, 2.75) is 13.8 Å². The highest BCUT2D eigenvalue weighted by molar-refractivity contribution is 5.77. The van der Waals surface area contributed by atoms with Gasteiger partial charge in [-0.1, -0.05) is 72.8 Å². The van der Waals surface area contributed by atoms with Crippen LogP contribution in [0.5, 0.6) is 0 Å². The number of carbonyl (C=O) groups excluding carboxylic acids is 1. The summed E-state index contributed by atoms with van der Waals surface area (Å²) in [6.45, 7) is 11.4. The molecule has 0 atom stereocenters. The zero-order valence-corrected chi connectivity index (χ0v) is 12.8. The van der Waals surface area contributed by atoms with Gasteiger partial charge in [0, 0.05) is 11.1 Å². The third-order valence-electron chi connectivity index (χ3n) is 3.16. The van der Waals surface area contributed by atoms with Gasteiger partial charge < -0.3 is 9.47 Å². The van der Waals surface area contributed by atoms with Crippen LogP contribution in [0.4, 0.5) is 4.79 Å². The van der Waals surface area contributed by atoms with Gasteiger partial charge in [0.25, 0.3) is 0 Å². The van der Waals surface area contributed by atoms with Gasteiger partial charge in [-0.3, -0.25) is 0 Å². The normalized spacial score (nSPS) is 9.91. The van der Waals surface area contributed by atoms with Crippen molar-refractivity contribution in [1.29, 1.82) is 0 Å². The molecule has 3 nitrogen and oxygen atoms in total. The number of hydrogen-bond acceptors (Lipinski definition) is 3. The molecule has 0 aliphatic heterocycles. The minimum Gasteiger partial charge on any atom is -0.395 e. The molecule has 0 aromatic heterocycles. The summed E-state index contributed by atoms with van der Waals surface area (Å²) in [5, 5.41) is 0. The minimum atomic E-state index is -0.851. The van der Waals surface area contributed by atoms with E-state index in [0.717, 1.165) is 22.3 Å². The van der Waals surface area contributed by atoms with Crippen LogP contribution >= 0.6 is 0 Å². The minimum absolute atomic E-state index is 0.238. The second-order valence-corrected chi connectivity index (χ2v) is 5.03. The first-order chi connectivity index (χ1) is 10.5. The third-order valence-corrected chi connectivity index (χ3v) is 3.16. The number of ether oxygens (including phenoxy) is 2. The van der Waals surface area contributed by atoms with Crippen molar-refractivity contribution in [2.75, 3.05) is 0 Å². The van der Waals surface area contributed by atoms with Crippen LogP contribution in [0.25, 0.3) is 11.5 Å². The summed E-state index contributed by atoms with van der Waals surface area (Å²) >= 11 is 0. The second-order valence-electron chi connectivity index (χ2n) is 5.03. The van der Waals surface area contributed by atoms with Crippen molar-refractivity contribution in [3.05, 3.63) is 83.9 Å². The zero-order valence-electron chi connectivity index (χ0n) is 12.8. The summed E-state index contributed by atoms with van der Waals surface area (Å²) in [7, 11) is 0. The first-order valence-corrected chi connectivity index (χ1v) is 6.87. The largest absolute Gasteiger partial charge is 0.519 e. The Morgan fingerprint density at radius 2 is 1.05 bits per heavy atom.